The van der Waals surface area contributed by atoms with Crippen LogP contribution >= 0.6 is 11.6 Å². The molecule has 0 atom stereocenters. The van der Waals surface area contributed by atoms with Gasteiger partial charge in [-0.1, -0.05) is 37.6 Å². The van der Waals surface area contributed by atoms with E-state index in [1.54, 1.807) is 6.20 Å². The number of ether oxygens (including phenoxy) is 1. The maximum atomic E-state index is 6.10. The fraction of sp³-hybridized carbons (Fsp3) is 0.267. The van der Waals surface area contributed by atoms with Gasteiger partial charge in [0.25, 0.3) is 0 Å². The van der Waals surface area contributed by atoms with Gasteiger partial charge in [0.15, 0.2) is 0 Å². The molecule has 2 aromatic rings. The van der Waals surface area contributed by atoms with Gasteiger partial charge in [0.05, 0.1) is 5.02 Å². The van der Waals surface area contributed by atoms with E-state index in [4.69, 9.17) is 16.3 Å². The third-order valence-electron chi connectivity index (χ3n) is 2.62. The molecule has 0 bridgehead atoms. The van der Waals surface area contributed by atoms with Gasteiger partial charge in [-0.15, -0.1) is 0 Å². The highest BCUT2D eigenvalue weighted by Gasteiger charge is 2.07. The van der Waals surface area contributed by atoms with E-state index in [1.165, 1.54) is 0 Å². The number of halogens is 1. The molecule has 0 unspecified atom stereocenters. The lowest BCUT2D eigenvalue weighted by atomic mass is 10.2. The second-order valence-corrected chi connectivity index (χ2v) is 4.96. The highest BCUT2D eigenvalue weighted by Crippen LogP contribution is 2.30. The smallest absolute Gasteiger partial charge is 0.146 e. The van der Waals surface area contributed by atoms with Crippen LogP contribution in [0.4, 0.5) is 0 Å². The van der Waals surface area contributed by atoms with Crippen LogP contribution in [0.15, 0.2) is 42.7 Å². The molecule has 0 aliphatic rings. The quantitative estimate of drug-likeness (QED) is 0.895. The Hall–Kier alpha value is -1.58. The van der Waals surface area contributed by atoms with E-state index in [0.717, 1.165) is 11.3 Å². The fourth-order valence-electron chi connectivity index (χ4n) is 1.61. The van der Waals surface area contributed by atoms with Crippen molar-refractivity contribution in [2.45, 2.75) is 26.4 Å². The van der Waals surface area contributed by atoms with Crippen LogP contribution in [0.5, 0.6) is 11.5 Å². The highest BCUT2D eigenvalue weighted by molar-refractivity contribution is 6.32. The minimum absolute atomic E-state index is 0.411. The van der Waals surface area contributed by atoms with Crippen LogP contribution in [0.1, 0.15) is 19.4 Å². The Kier molecular flexibility index (Phi) is 4.77. The molecular weight excluding hydrogens is 260 g/mol. The number of hydrogen-bond donors (Lipinski definition) is 1. The number of aromatic nitrogens is 1. The number of pyridine rings is 1. The predicted molar refractivity (Wildman–Crippen MR) is 77.7 cm³/mol. The van der Waals surface area contributed by atoms with Crippen LogP contribution in [-0.2, 0) is 6.54 Å². The number of nitrogens with zero attached hydrogens (tertiary/aromatic N) is 1. The summed E-state index contributed by atoms with van der Waals surface area (Å²) >= 11 is 6.10. The first-order chi connectivity index (χ1) is 9.16. The summed E-state index contributed by atoms with van der Waals surface area (Å²) in [7, 11) is 0. The summed E-state index contributed by atoms with van der Waals surface area (Å²) in [5.41, 5.74) is 1.01. The van der Waals surface area contributed by atoms with Crippen molar-refractivity contribution in [2.75, 3.05) is 0 Å². The normalized spacial score (nSPS) is 10.7. The first-order valence-corrected chi connectivity index (χ1v) is 6.63. The maximum absolute atomic E-state index is 6.10. The van der Waals surface area contributed by atoms with Crippen LogP contribution in [0, 0.1) is 0 Å². The van der Waals surface area contributed by atoms with E-state index in [0.29, 0.717) is 23.4 Å². The zero-order chi connectivity index (χ0) is 13.7. The van der Waals surface area contributed by atoms with Gasteiger partial charge in [0.1, 0.15) is 11.5 Å². The summed E-state index contributed by atoms with van der Waals surface area (Å²) in [6.07, 6.45) is 3.52. The van der Waals surface area contributed by atoms with Gasteiger partial charge in [-0.25, -0.2) is 0 Å². The molecule has 4 heteroatoms. The molecule has 19 heavy (non-hydrogen) atoms. The molecule has 0 saturated carbocycles. The molecule has 2 rings (SSSR count). The number of hydrogen-bond acceptors (Lipinski definition) is 3. The van der Waals surface area contributed by atoms with Crippen molar-refractivity contribution >= 4 is 11.6 Å². The van der Waals surface area contributed by atoms with Gasteiger partial charge in [-0.2, -0.15) is 0 Å². The molecule has 0 aliphatic carbocycles. The Morgan fingerprint density at radius 1 is 1.21 bits per heavy atom. The Bertz CT molecular complexity index is 543. The van der Waals surface area contributed by atoms with E-state index in [2.05, 4.69) is 24.1 Å². The second-order valence-electron chi connectivity index (χ2n) is 4.55. The summed E-state index contributed by atoms with van der Waals surface area (Å²) in [4.78, 5) is 4.13. The SMILES string of the molecule is CC(C)NCc1cnccc1Oc1ccccc1Cl. The first-order valence-electron chi connectivity index (χ1n) is 6.25. The van der Waals surface area contributed by atoms with Crippen LogP contribution < -0.4 is 10.1 Å². The van der Waals surface area contributed by atoms with Gasteiger partial charge in [0.2, 0.25) is 0 Å². The van der Waals surface area contributed by atoms with Crippen molar-refractivity contribution in [3.8, 4) is 11.5 Å². The van der Waals surface area contributed by atoms with E-state index in [-0.39, 0.29) is 0 Å². The van der Waals surface area contributed by atoms with E-state index in [9.17, 15) is 0 Å². The molecule has 1 aromatic heterocycles. The third kappa shape index (κ3) is 3.94. The molecule has 1 N–H and O–H groups in total. The van der Waals surface area contributed by atoms with Gasteiger partial charge in [0, 0.05) is 30.5 Å². The van der Waals surface area contributed by atoms with Crippen molar-refractivity contribution in [1.82, 2.24) is 10.3 Å². The topological polar surface area (TPSA) is 34.2 Å². The minimum Gasteiger partial charge on any atom is -0.455 e. The summed E-state index contributed by atoms with van der Waals surface area (Å²) in [6.45, 7) is 4.92. The average molecular weight is 277 g/mol. The van der Waals surface area contributed by atoms with Gasteiger partial charge < -0.3 is 10.1 Å². The second kappa shape index (κ2) is 6.55. The average Bonchev–Trinajstić information content (AvgIpc) is 2.40. The minimum atomic E-state index is 0.411. The van der Waals surface area contributed by atoms with E-state index >= 15 is 0 Å². The Balaban J connectivity index is 2.18. The summed E-state index contributed by atoms with van der Waals surface area (Å²) in [5, 5.41) is 3.95. The molecule has 0 amide bonds. The zero-order valence-corrected chi connectivity index (χ0v) is 11.8. The maximum Gasteiger partial charge on any atom is 0.146 e. The summed E-state index contributed by atoms with van der Waals surface area (Å²) < 4.78 is 5.86. The lowest BCUT2D eigenvalue weighted by Gasteiger charge is -2.13. The molecular formula is C15H17ClN2O. The van der Waals surface area contributed by atoms with Crippen LogP contribution in [0.2, 0.25) is 5.02 Å². The van der Waals surface area contributed by atoms with Crippen LogP contribution in [0.3, 0.4) is 0 Å². The molecule has 100 valence electrons. The van der Waals surface area contributed by atoms with Crippen molar-refractivity contribution in [3.63, 3.8) is 0 Å². The predicted octanol–water partition coefficient (Wildman–Crippen LogP) is 4.03. The molecule has 0 aliphatic heterocycles. The monoisotopic (exact) mass is 276 g/mol. The molecule has 1 aromatic carbocycles. The Labute approximate surface area is 118 Å². The van der Waals surface area contributed by atoms with Crippen LogP contribution in [0.25, 0.3) is 0 Å². The molecule has 0 radical (unpaired) electrons. The highest BCUT2D eigenvalue weighted by atomic mass is 35.5. The van der Waals surface area contributed by atoms with E-state index in [1.807, 2.05) is 36.5 Å². The Morgan fingerprint density at radius 3 is 2.74 bits per heavy atom. The molecule has 0 fully saturated rings. The molecule has 0 saturated heterocycles. The van der Waals surface area contributed by atoms with E-state index < -0.39 is 0 Å². The van der Waals surface area contributed by atoms with Crippen molar-refractivity contribution in [2.24, 2.45) is 0 Å². The van der Waals surface area contributed by atoms with Gasteiger partial charge in [-0.05, 0) is 18.2 Å². The molecule has 1 heterocycles. The number of para-hydroxylation sites is 1. The standard InChI is InChI=1S/C15H17ClN2O/c1-11(2)18-10-12-9-17-8-7-14(12)19-15-6-4-3-5-13(15)16/h3-9,11,18H,10H2,1-2H3. The molecule has 3 nitrogen and oxygen atoms in total. The Morgan fingerprint density at radius 2 is 2.00 bits per heavy atom. The number of benzene rings is 1. The molecule has 0 spiro atoms. The largest absolute Gasteiger partial charge is 0.455 e. The first kappa shape index (κ1) is 13.8. The van der Waals surface area contributed by atoms with Gasteiger partial charge >= 0.3 is 0 Å². The van der Waals surface area contributed by atoms with Crippen LogP contribution in [-0.4, -0.2) is 11.0 Å². The van der Waals surface area contributed by atoms with Gasteiger partial charge in [-0.3, -0.25) is 4.98 Å². The summed E-state index contributed by atoms with van der Waals surface area (Å²) in [6, 6.07) is 9.69. The lowest BCUT2D eigenvalue weighted by molar-refractivity contribution is 0.468. The number of rotatable bonds is 5. The third-order valence-corrected chi connectivity index (χ3v) is 2.93. The number of nitrogens with one attached hydrogen (secondary N) is 1. The van der Waals surface area contributed by atoms with Crippen molar-refractivity contribution in [3.05, 3.63) is 53.3 Å². The fourth-order valence-corrected chi connectivity index (χ4v) is 1.78. The van der Waals surface area contributed by atoms with Crippen molar-refractivity contribution in [1.29, 1.82) is 0 Å². The summed E-state index contributed by atoms with van der Waals surface area (Å²) in [5.74, 6) is 1.43. The van der Waals surface area contributed by atoms with Crippen molar-refractivity contribution < 1.29 is 4.74 Å². The lowest BCUT2D eigenvalue weighted by Crippen LogP contribution is -2.22. The zero-order valence-electron chi connectivity index (χ0n) is 11.1.